The first-order chi connectivity index (χ1) is 12.1. The number of thiazole rings is 1. The molecule has 0 unspecified atom stereocenters. The van der Waals surface area contributed by atoms with Gasteiger partial charge in [-0.05, 0) is 52.7 Å². The third kappa shape index (κ3) is 2.99. The van der Waals surface area contributed by atoms with Crippen LogP contribution in [0.3, 0.4) is 0 Å². The van der Waals surface area contributed by atoms with Crippen LogP contribution in [0.5, 0.6) is 5.75 Å². The number of carboxylic acids is 1. The molecule has 0 radical (unpaired) electrons. The fourth-order valence-electron chi connectivity index (χ4n) is 2.79. The van der Waals surface area contributed by atoms with E-state index in [0.29, 0.717) is 6.54 Å². The summed E-state index contributed by atoms with van der Waals surface area (Å²) in [5.41, 5.74) is 4.76. The Labute approximate surface area is 147 Å². The number of fused-ring (bicyclic) bond motifs is 2. The number of phenols is 1. The minimum Gasteiger partial charge on any atom is -0.507 e. The van der Waals surface area contributed by atoms with Gasteiger partial charge in [0.05, 0.1) is 15.7 Å². The molecule has 3 N–H and O–H groups in total. The van der Waals surface area contributed by atoms with E-state index in [9.17, 15) is 9.90 Å². The molecule has 0 aliphatic heterocycles. The van der Waals surface area contributed by atoms with E-state index >= 15 is 0 Å². The molecule has 0 saturated heterocycles. The zero-order valence-electron chi connectivity index (χ0n) is 13.1. The lowest BCUT2D eigenvalue weighted by Crippen LogP contribution is -2.00. The highest BCUT2D eigenvalue weighted by Crippen LogP contribution is 2.27. The number of hydrogen-bond donors (Lipinski definition) is 3. The quantitative estimate of drug-likeness (QED) is 0.506. The van der Waals surface area contributed by atoms with Crippen LogP contribution >= 0.6 is 11.3 Å². The van der Waals surface area contributed by atoms with Gasteiger partial charge in [0.1, 0.15) is 11.3 Å². The number of rotatable bonds is 4. The van der Waals surface area contributed by atoms with Crippen molar-refractivity contribution in [3.05, 3.63) is 65.2 Å². The van der Waals surface area contributed by atoms with E-state index in [0.717, 1.165) is 32.2 Å². The Morgan fingerprint density at radius 3 is 2.80 bits per heavy atom. The summed E-state index contributed by atoms with van der Waals surface area (Å²) in [5, 5.41) is 23.9. The van der Waals surface area contributed by atoms with Crippen molar-refractivity contribution in [2.24, 2.45) is 0 Å². The minimum atomic E-state index is -1.14. The summed E-state index contributed by atoms with van der Waals surface area (Å²) in [6.45, 7) is 0.615. The summed E-state index contributed by atoms with van der Waals surface area (Å²) in [4.78, 5) is 15.4. The third-order valence-electron chi connectivity index (χ3n) is 4.08. The van der Waals surface area contributed by atoms with Crippen molar-refractivity contribution in [1.82, 2.24) is 4.98 Å². The standard InChI is InChI=1S/C19H14N2O3S/c22-17-7-12-2-1-11(5-13(12)6-15(17)19(23)24)9-20-14-3-4-16-18(8-14)25-10-21-16/h1-8,10,20,22H,9H2,(H,23,24). The Morgan fingerprint density at radius 1 is 1.08 bits per heavy atom. The molecular weight excluding hydrogens is 336 g/mol. The number of hydrogen-bond acceptors (Lipinski definition) is 5. The lowest BCUT2D eigenvalue weighted by Gasteiger charge is -2.09. The number of anilines is 1. The topological polar surface area (TPSA) is 82.5 Å². The second-order valence-electron chi connectivity index (χ2n) is 5.74. The second-order valence-corrected chi connectivity index (χ2v) is 6.63. The molecule has 0 bridgehead atoms. The van der Waals surface area contributed by atoms with Crippen LogP contribution in [-0.4, -0.2) is 21.2 Å². The summed E-state index contributed by atoms with van der Waals surface area (Å²) < 4.78 is 1.13. The molecule has 0 amide bonds. The Hall–Kier alpha value is -3.12. The van der Waals surface area contributed by atoms with Crippen LogP contribution in [0.25, 0.3) is 21.0 Å². The molecule has 0 saturated carbocycles. The molecule has 6 heteroatoms. The molecule has 4 rings (SSSR count). The fourth-order valence-corrected chi connectivity index (χ4v) is 3.50. The van der Waals surface area contributed by atoms with Gasteiger partial charge in [0.25, 0.3) is 0 Å². The number of nitrogens with zero attached hydrogens (tertiary/aromatic N) is 1. The van der Waals surface area contributed by atoms with E-state index in [1.165, 1.54) is 12.1 Å². The van der Waals surface area contributed by atoms with E-state index in [-0.39, 0.29) is 11.3 Å². The molecular formula is C19H14N2O3S. The Morgan fingerprint density at radius 2 is 1.96 bits per heavy atom. The van der Waals surface area contributed by atoms with Crippen LogP contribution in [0.1, 0.15) is 15.9 Å². The first-order valence-corrected chi connectivity index (χ1v) is 8.54. The summed E-state index contributed by atoms with van der Waals surface area (Å²) in [6, 6.07) is 14.8. The van der Waals surface area contributed by atoms with Crippen molar-refractivity contribution < 1.29 is 15.0 Å². The van der Waals surface area contributed by atoms with Crippen molar-refractivity contribution >= 4 is 44.0 Å². The highest BCUT2D eigenvalue weighted by atomic mass is 32.1. The van der Waals surface area contributed by atoms with Crippen LogP contribution in [0, 0.1) is 0 Å². The lowest BCUT2D eigenvalue weighted by molar-refractivity contribution is 0.0694. The summed E-state index contributed by atoms with van der Waals surface area (Å²) in [7, 11) is 0. The molecule has 1 aromatic heterocycles. The van der Waals surface area contributed by atoms with Crippen LogP contribution in [0.4, 0.5) is 5.69 Å². The number of aromatic hydroxyl groups is 1. The van der Waals surface area contributed by atoms with Crippen molar-refractivity contribution in [2.75, 3.05) is 5.32 Å². The summed E-state index contributed by atoms with van der Waals surface area (Å²) >= 11 is 1.60. The average molecular weight is 350 g/mol. The molecule has 0 aliphatic rings. The molecule has 124 valence electrons. The molecule has 25 heavy (non-hydrogen) atoms. The highest BCUT2D eigenvalue weighted by Gasteiger charge is 2.11. The second kappa shape index (κ2) is 6.07. The van der Waals surface area contributed by atoms with Gasteiger partial charge in [-0.1, -0.05) is 12.1 Å². The maximum atomic E-state index is 11.2. The van der Waals surface area contributed by atoms with Gasteiger partial charge in [0.15, 0.2) is 0 Å². The van der Waals surface area contributed by atoms with Crippen molar-refractivity contribution in [3.8, 4) is 5.75 Å². The van der Waals surface area contributed by atoms with Gasteiger partial charge >= 0.3 is 5.97 Å². The normalized spacial score (nSPS) is 11.0. The summed E-state index contributed by atoms with van der Waals surface area (Å²) in [6.07, 6.45) is 0. The molecule has 4 aromatic rings. The zero-order chi connectivity index (χ0) is 17.4. The fraction of sp³-hybridized carbons (Fsp3) is 0.0526. The molecule has 0 spiro atoms. The number of carbonyl (C=O) groups is 1. The van der Waals surface area contributed by atoms with E-state index in [1.54, 1.807) is 11.3 Å². The number of aromatic nitrogens is 1. The van der Waals surface area contributed by atoms with Crippen LogP contribution in [0.2, 0.25) is 0 Å². The van der Waals surface area contributed by atoms with Gasteiger partial charge in [-0.15, -0.1) is 11.3 Å². The molecule has 3 aromatic carbocycles. The Balaban J connectivity index is 1.60. The van der Waals surface area contributed by atoms with Crippen molar-refractivity contribution in [2.45, 2.75) is 6.54 Å². The molecule has 5 nitrogen and oxygen atoms in total. The van der Waals surface area contributed by atoms with Gasteiger partial charge in [-0.3, -0.25) is 0 Å². The van der Waals surface area contributed by atoms with Gasteiger partial charge in [0, 0.05) is 12.2 Å². The average Bonchev–Trinajstić information content (AvgIpc) is 3.07. The Bertz CT molecular complexity index is 1100. The van der Waals surface area contributed by atoms with Crippen molar-refractivity contribution in [3.63, 3.8) is 0 Å². The number of aromatic carboxylic acids is 1. The maximum Gasteiger partial charge on any atom is 0.339 e. The van der Waals surface area contributed by atoms with Gasteiger partial charge in [-0.25, -0.2) is 9.78 Å². The lowest BCUT2D eigenvalue weighted by atomic mass is 10.0. The van der Waals surface area contributed by atoms with Crippen LogP contribution in [0.15, 0.2) is 54.0 Å². The number of nitrogens with one attached hydrogen (secondary N) is 1. The van der Waals surface area contributed by atoms with E-state index < -0.39 is 5.97 Å². The third-order valence-corrected chi connectivity index (χ3v) is 4.87. The first kappa shape index (κ1) is 15.4. The van der Waals surface area contributed by atoms with Gasteiger partial charge in [0.2, 0.25) is 0 Å². The molecule has 0 fully saturated rings. The smallest absolute Gasteiger partial charge is 0.339 e. The van der Waals surface area contributed by atoms with Gasteiger partial charge < -0.3 is 15.5 Å². The number of carboxylic acid groups (broad SMARTS) is 1. The van der Waals surface area contributed by atoms with Gasteiger partial charge in [-0.2, -0.15) is 0 Å². The maximum absolute atomic E-state index is 11.2. The first-order valence-electron chi connectivity index (χ1n) is 7.66. The zero-order valence-corrected chi connectivity index (χ0v) is 13.9. The SMILES string of the molecule is O=C(O)c1cc2cc(CNc3ccc4ncsc4c3)ccc2cc1O. The number of benzene rings is 3. The highest BCUT2D eigenvalue weighted by molar-refractivity contribution is 7.16. The van der Waals surface area contributed by atoms with Crippen molar-refractivity contribution in [1.29, 1.82) is 0 Å². The minimum absolute atomic E-state index is 0.0896. The van der Waals surface area contributed by atoms with E-state index in [4.69, 9.17) is 5.11 Å². The predicted octanol–water partition coefficient (Wildman–Crippen LogP) is 4.47. The van der Waals surface area contributed by atoms with Crippen LogP contribution < -0.4 is 5.32 Å². The Kier molecular flexibility index (Phi) is 3.74. The summed E-state index contributed by atoms with van der Waals surface area (Å²) in [5.74, 6) is -1.36. The molecule has 1 heterocycles. The molecule has 0 aliphatic carbocycles. The monoisotopic (exact) mass is 350 g/mol. The van der Waals surface area contributed by atoms with Crippen LogP contribution in [-0.2, 0) is 6.54 Å². The largest absolute Gasteiger partial charge is 0.507 e. The predicted molar refractivity (Wildman–Crippen MR) is 99.5 cm³/mol. The molecule has 0 atom stereocenters. The van der Waals surface area contributed by atoms with E-state index in [2.05, 4.69) is 16.4 Å². The van der Waals surface area contributed by atoms with E-state index in [1.807, 2.05) is 35.8 Å².